The Balaban J connectivity index is 5.02. The van der Waals surface area contributed by atoms with Crippen LogP contribution in [-0.4, -0.2) is 12.2 Å². The summed E-state index contributed by atoms with van der Waals surface area (Å²) in [5.41, 5.74) is 1.14. The number of carbonyl (C=O) groups excluding carboxylic acids is 2. The molecule has 0 saturated heterocycles. The molecule has 1 N–H and O–H groups in total. The Morgan fingerprint density at radius 3 is 2.40 bits per heavy atom. The van der Waals surface area contributed by atoms with Gasteiger partial charge in [0.2, 0.25) is 5.91 Å². The summed E-state index contributed by atoms with van der Waals surface area (Å²) in [5, 5.41) is 2.56. The van der Waals surface area contributed by atoms with Crippen LogP contribution in [0.25, 0.3) is 0 Å². The number of carbonyl (C=O) groups is 2. The van der Waals surface area contributed by atoms with Crippen LogP contribution in [0.4, 0.5) is 0 Å². The summed E-state index contributed by atoms with van der Waals surface area (Å²) in [7, 11) is 0. The lowest BCUT2D eigenvalue weighted by molar-refractivity contribution is -0.118. The van der Waals surface area contributed by atoms with Gasteiger partial charge in [-0.1, -0.05) is 30.9 Å². The topological polar surface area (TPSA) is 46.2 Å². The summed E-state index contributed by atoms with van der Waals surface area (Å²) in [6.45, 7) is 6.87. The van der Waals surface area contributed by atoms with Crippen molar-refractivity contribution in [2.75, 3.05) is 0 Å². The maximum Gasteiger partial charge on any atom is 0.221 e. The van der Waals surface area contributed by atoms with Gasteiger partial charge in [0.1, 0.15) is 6.29 Å². The fourth-order valence-corrected chi connectivity index (χ4v) is 0.935. The van der Waals surface area contributed by atoms with Crippen molar-refractivity contribution in [3.8, 4) is 0 Å². The zero-order chi connectivity index (χ0) is 11.7. The van der Waals surface area contributed by atoms with Gasteiger partial charge in [0.15, 0.2) is 0 Å². The first-order valence-corrected chi connectivity index (χ1v) is 4.54. The predicted molar refractivity (Wildman–Crippen MR) is 61.1 cm³/mol. The Kier molecular flexibility index (Phi) is 6.55. The molecule has 0 aliphatic heterocycles. The first-order valence-electron chi connectivity index (χ1n) is 4.54. The largest absolute Gasteiger partial charge is 0.326 e. The minimum Gasteiger partial charge on any atom is -0.326 e. The van der Waals surface area contributed by atoms with Crippen molar-refractivity contribution < 1.29 is 9.59 Å². The summed E-state index contributed by atoms with van der Waals surface area (Å²) in [5.74, 6) is -0.226. The van der Waals surface area contributed by atoms with E-state index in [0.29, 0.717) is 17.6 Å². The van der Waals surface area contributed by atoms with Crippen molar-refractivity contribution in [1.29, 1.82) is 0 Å². The number of aldehydes is 1. The first kappa shape index (κ1) is 13.1. The number of allylic oxidation sites excluding steroid dienone is 5. The van der Waals surface area contributed by atoms with E-state index >= 15 is 0 Å². The van der Waals surface area contributed by atoms with Gasteiger partial charge < -0.3 is 5.32 Å². The molecule has 0 aromatic carbocycles. The number of hydrogen-bond donors (Lipinski definition) is 1. The molecular weight excluding hydrogens is 190 g/mol. The van der Waals surface area contributed by atoms with Crippen LogP contribution in [0, 0.1) is 0 Å². The summed E-state index contributed by atoms with van der Waals surface area (Å²) in [6.07, 6.45) is 8.90. The minimum atomic E-state index is -0.226. The highest BCUT2D eigenvalue weighted by Gasteiger charge is 2.02. The molecule has 0 heterocycles. The third-order valence-electron chi connectivity index (χ3n) is 1.54. The summed E-state index contributed by atoms with van der Waals surface area (Å²) in [4.78, 5) is 21.3. The molecule has 0 aromatic heterocycles. The second-order valence-corrected chi connectivity index (χ2v) is 2.75. The van der Waals surface area contributed by atoms with Crippen molar-refractivity contribution in [1.82, 2.24) is 5.32 Å². The van der Waals surface area contributed by atoms with Gasteiger partial charge in [0.05, 0.1) is 5.70 Å². The fraction of sp³-hybridized carbons (Fsp3) is 0.167. The third kappa shape index (κ3) is 5.41. The van der Waals surface area contributed by atoms with Crippen molar-refractivity contribution in [3.63, 3.8) is 0 Å². The van der Waals surface area contributed by atoms with Gasteiger partial charge in [-0.25, -0.2) is 0 Å². The van der Waals surface area contributed by atoms with Crippen LogP contribution in [0.3, 0.4) is 0 Å². The van der Waals surface area contributed by atoms with Gasteiger partial charge >= 0.3 is 0 Å². The molecule has 0 fully saturated rings. The van der Waals surface area contributed by atoms with Crippen LogP contribution in [-0.2, 0) is 9.59 Å². The van der Waals surface area contributed by atoms with Crippen LogP contribution in [0.1, 0.15) is 13.8 Å². The van der Waals surface area contributed by atoms with Crippen molar-refractivity contribution >= 4 is 12.2 Å². The molecule has 3 heteroatoms. The average molecular weight is 205 g/mol. The lowest BCUT2D eigenvalue weighted by atomic mass is 10.1. The molecule has 0 atom stereocenters. The number of amides is 1. The SMILES string of the molecule is C=CC(=C\C=C/C)/C(=C/C=O)NC(C)=O. The molecule has 0 saturated carbocycles. The van der Waals surface area contributed by atoms with E-state index in [9.17, 15) is 9.59 Å². The molecule has 3 nitrogen and oxygen atoms in total. The standard InChI is InChI=1S/C12H15NO2/c1-4-6-7-11(5-2)12(8-9-14)13-10(3)15/h4-9H,2H2,1,3H3,(H,13,15)/b6-4-,11-7+,12-8-. The van der Waals surface area contributed by atoms with Gasteiger partial charge in [0.25, 0.3) is 0 Å². The molecule has 0 bridgehead atoms. The molecule has 80 valence electrons. The highest BCUT2D eigenvalue weighted by Crippen LogP contribution is 2.07. The fourth-order valence-electron chi connectivity index (χ4n) is 0.935. The van der Waals surface area contributed by atoms with E-state index < -0.39 is 0 Å². The van der Waals surface area contributed by atoms with Crippen molar-refractivity contribution in [2.24, 2.45) is 0 Å². The molecule has 0 aromatic rings. The van der Waals surface area contributed by atoms with E-state index in [4.69, 9.17) is 0 Å². The predicted octanol–water partition coefficient (Wildman–Crippen LogP) is 1.89. The van der Waals surface area contributed by atoms with Crippen LogP contribution in [0.5, 0.6) is 0 Å². The lowest BCUT2D eigenvalue weighted by Crippen LogP contribution is -2.20. The molecule has 15 heavy (non-hydrogen) atoms. The van der Waals surface area contributed by atoms with Crippen molar-refractivity contribution in [3.05, 3.63) is 48.2 Å². The van der Waals surface area contributed by atoms with Crippen LogP contribution in [0.2, 0.25) is 0 Å². The Labute approximate surface area is 89.9 Å². The van der Waals surface area contributed by atoms with Crippen LogP contribution >= 0.6 is 0 Å². The zero-order valence-corrected chi connectivity index (χ0v) is 8.99. The third-order valence-corrected chi connectivity index (χ3v) is 1.54. The van der Waals surface area contributed by atoms with Gasteiger partial charge in [-0.2, -0.15) is 0 Å². The van der Waals surface area contributed by atoms with Gasteiger partial charge in [0, 0.05) is 13.0 Å². The van der Waals surface area contributed by atoms with E-state index in [1.807, 2.05) is 13.0 Å². The van der Waals surface area contributed by atoms with Crippen LogP contribution in [0.15, 0.2) is 48.2 Å². The maximum atomic E-state index is 10.9. The van der Waals surface area contributed by atoms with E-state index in [0.717, 1.165) is 0 Å². The number of hydrogen-bond acceptors (Lipinski definition) is 2. The van der Waals surface area contributed by atoms with E-state index in [-0.39, 0.29) is 5.91 Å². The lowest BCUT2D eigenvalue weighted by Gasteiger charge is -2.07. The number of rotatable bonds is 5. The summed E-state index contributed by atoms with van der Waals surface area (Å²) in [6, 6.07) is 0. The van der Waals surface area contributed by atoms with E-state index in [1.54, 1.807) is 18.2 Å². The smallest absolute Gasteiger partial charge is 0.221 e. The highest BCUT2D eigenvalue weighted by atomic mass is 16.1. The summed E-state index contributed by atoms with van der Waals surface area (Å²) >= 11 is 0. The molecule has 0 aliphatic rings. The second kappa shape index (κ2) is 7.50. The van der Waals surface area contributed by atoms with Gasteiger partial charge in [-0.15, -0.1) is 0 Å². The molecule has 0 aliphatic carbocycles. The highest BCUT2D eigenvalue weighted by molar-refractivity contribution is 5.79. The Hall–Kier alpha value is -1.90. The van der Waals surface area contributed by atoms with Crippen LogP contribution < -0.4 is 5.32 Å². The quantitative estimate of drug-likeness (QED) is 0.423. The second-order valence-electron chi connectivity index (χ2n) is 2.75. The van der Waals surface area contributed by atoms with E-state index in [2.05, 4.69) is 11.9 Å². The Morgan fingerprint density at radius 2 is 2.00 bits per heavy atom. The molecule has 0 spiro atoms. The van der Waals surface area contributed by atoms with Gasteiger partial charge in [-0.05, 0) is 12.5 Å². The molecule has 0 unspecified atom stereocenters. The number of nitrogens with one attached hydrogen (secondary N) is 1. The Bertz CT molecular complexity index is 336. The first-order chi connectivity index (χ1) is 7.15. The zero-order valence-electron chi connectivity index (χ0n) is 8.99. The van der Waals surface area contributed by atoms with Crippen molar-refractivity contribution in [2.45, 2.75) is 13.8 Å². The monoisotopic (exact) mass is 205 g/mol. The molecule has 0 radical (unpaired) electrons. The molecule has 1 amide bonds. The Morgan fingerprint density at radius 1 is 1.33 bits per heavy atom. The molecular formula is C12H15NO2. The van der Waals surface area contributed by atoms with E-state index in [1.165, 1.54) is 13.0 Å². The summed E-state index contributed by atoms with van der Waals surface area (Å²) < 4.78 is 0. The normalized spacial score (nSPS) is 12.7. The minimum absolute atomic E-state index is 0.226. The van der Waals surface area contributed by atoms with Gasteiger partial charge in [-0.3, -0.25) is 9.59 Å². The average Bonchev–Trinajstić information content (AvgIpc) is 2.18. The molecule has 0 rings (SSSR count). The maximum absolute atomic E-state index is 10.9.